The third kappa shape index (κ3) is 4.55. The van der Waals surface area contributed by atoms with Gasteiger partial charge in [0.2, 0.25) is 5.91 Å². The molecule has 4 rings (SSSR count). The van der Waals surface area contributed by atoms with Crippen LogP contribution in [0.5, 0.6) is 0 Å². The Labute approximate surface area is 169 Å². The Morgan fingerprint density at radius 2 is 1.55 bits per heavy atom. The molecule has 1 aliphatic rings. The molecule has 29 heavy (non-hydrogen) atoms. The molecule has 1 atom stereocenters. The van der Waals surface area contributed by atoms with Gasteiger partial charge in [-0.3, -0.25) is 9.69 Å². The van der Waals surface area contributed by atoms with E-state index in [0.717, 1.165) is 11.3 Å². The number of carbonyl (C=O) groups excluding carboxylic acids is 1. The number of benzene rings is 2. The van der Waals surface area contributed by atoms with E-state index in [1.807, 2.05) is 65.6 Å². The summed E-state index contributed by atoms with van der Waals surface area (Å²) in [5, 5.41) is 7.32. The van der Waals surface area contributed by atoms with Crippen molar-refractivity contribution in [1.82, 2.24) is 14.7 Å². The first-order valence-corrected chi connectivity index (χ1v) is 11.3. The molecule has 2 aromatic carbocycles. The summed E-state index contributed by atoms with van der Waals surface area (Å²) in [6.07, 6.45) is 1.79. The summed E-state index contributed by atoms with van der Waals surface area (Å²) >= 11 is 0. The maximum atomic E-state index is 13.2. The van der Waals surface area contributed by atoms with Crippen LogP contribution in [0.1, 0.15) is 11.6 Å². The first-order chi connectivity index (χ1) is 14.0. The van der Waals surface area contributed by atoms with E-state index in [1.54, 1.807) is 16.9 Å². The lowest BCUT2D eigenvalue weighted by Gasteiger charge is -2.33. The highest BCUT2D eigenvalue weighted by atomic mass is 32.2. The van der Waals surface area contributed by atoms with Crippen LogP contribution in [0.3, 0.4) is 0 Å². The molecule has 1 fully saturated rings. The molecular weight excluding hydrogens is 388 g/mol. The summed E-state index contributed by atoms with van der Waals surface area (Å²) in [6.45, 7) is 0.654. The third-order valence-corrected chi connectivity index (χ3v) is 6.58. The molecule has 0 saturated carbocycles. The Balaban J connectivity index is 1.55. The maximum Gasteiger partial charge on any atom is 0.247 e. The summed E-state index contributed by atoms with van der Waals surface area (Å²) in [5.41, 5.74) is 1.72. The fourth-order valence-electron chi connectivity index (χ4n) is 3.46. The highest BCUT2D eigenvalue weighted by Gasteiger charge is 2.32. The van der Waals surface area contributed by atoms with E-state index in [-0.39, 0.29) is 17.4 Å². The lowest BCUT2D eigenvalue weighted by molar-refractivity contribution is -0.121. The number of nitrogens with one attached hydrogen (secondary N) is 1. The Morgan fingerprint density at radius 1 is 0.931 bits per heavy atom. The SMILES string of the molecule is O=C(Nc1ccn(-c2ccccc2)n1)C(c1ccccc1)N1CCS(=O)(=O)CC1. The summed E-state index contributed by atoms with van der Waals surface area (Å²) < 4.78 is 25.3. The second kappa shape index (κ2) is 8.18. The molecule has 1 aliphatic heterocycles. The van der Waals surface area contributed by atoms with Crippen molar-refractivity contribution in [1.29, 1.82) is 0 Å². The summed E-state index contributed by atoms with van der Waals surface area (Å²) in [5.74, 6) is 0.344. The topological polar surface area (TPSA) is 84.3 Å². The fraction of sp³-hybridized carbons (Fsp3) is 0.238. The molecule has 150 valence electrons. The lowest BCUT2D eigenvalue weighted by atomic mass is 10.0. The Bertz CT molecular complexity index is 1070. The molecule has 0 aliphatic carbocycles. The number of carbonyl (C=O) groups is 1. The Kier molecular flexibility index (Phi) is 5.46. The van der Waals surface area contributed by atoms with Crippen LogP contribution < -0.4 is 5.32 Å². The van der Waals surface area contributed by atoms with Crippen molar-refractivity contribution in [3.8, 4) is 5.69 Å². The van der Waals surface area contributed by atoms with Crippen LogP contribution in [-0.2, 0) is 14.6 Å². The molecule has 1 amide bonds. The van der Waals surface area contributed by atoms with Gasteiger partial charge in [-0.25, -0.2) is 13.1 Å². The van der Waals surface area contributed by atoms with Crippen molar-refractivity contribution < 1.29 is 13.2 Å². The average Bonchev–Trinajstić information content (AvgIpc) is 3.19. The van der Waals surface area contributed by atoms with Gasteiger partial charge in [0.1, 0.15) is 6.04 Å². The first kappa shape index (κ1) is 19.4. The van der Waals surface area contributed by atoms with E-state index < -0.39 is 15.9 Å². The van der Waals surface area contributed by atoms with Crippen molar-refractivity contribution in [3.05, 3.63) is 78.5 Å². The number of anilines is 1. The van der Waals surface area contributed by atoms with Crippen LogP contribution in [0, 0.1) is 0 Å². The molecule has 0 radical (unpaired) electrons. The number of rotatable bonds is 5. The van der Waals surface area contributed by atoms with Crippen LogP contribution in [0.15, 0.2) is 72.9 Å². The molecule has 1 N–H and O–H groups in total. The molecule has 1 saturated heterocycles. The first-order valence-electron chi connectivity index (χ1n) is 9.43. The molecule has 1 unspecified atom stereocenters. The Hall–Kier alpha value is -2.97. The van der Waals surface area contributed by atoms with Crippen LogP contribution in [0.25, 0.3) is 5.69 Å². The van der Waals surface area contributed by atoms with Gasteiger partial charge in [0.05, 0.1) is 17.2 Å². The largest absolute Gasteiger partial charge is 0.308 e. The molecule has 2 heterocycles. The summed E-state index contributed by atoms with van der Waals surface area (Å²) in [6, 6.07) is 20.2. The standard InChI is InChI=1S/C21H22N4O3S/c26-21(22-19-11-12-25(23-19)18-9-5-2-6-10-18)20(17-7-3-1-4-8-17)24-13-15-29(27,28)16-14-24/h1-12,20H,13-16H2,(H,22,23,26). The number of amides is 1. The minimum atomic E-state index is -3.03. The molecule has 3 aromatic rings. The highest BCUT2D eigenvalue weighted by molar-refractivity contribution is 7.91. The van der Waals surface area contributed by atoms with Crippen LogP contribution in [0.2, 0.25) is 0 Å². The van der Waals surface area contributed by atoms with E-state index >= 15 is 0 Å². The zero-order chi connectivity index (χ0) is 20.3. The fourth-order valence-corrected chi connectivity index (χ4v) is 4.69. The predicted octanol–water partition coefficient (Wildman–Crippen LogP) is 2.28. The second-order valence-electron chi connectivity index (χ2n) is 6.97. The van der Waals surface area contributed by atoms with Crippen LogP contribution in [0.4, 0.5) is 5.82 Å². The lowest BCUT2D eigenvalue weighted by Crippen LogP contribution is -2.46. The van der Waals surface area contributed by atoms with Crippen LogP contribution in [-0.4, -0.2) is 53.6 Å². The van der Waals surface area contributed by atoms with E-state index in [9.17, 15) is 13.2 Å². The van der Waals surface area contributed by atoms with Crippen molar-refractivity contribution >= 4 is 21.6 Å². The zero-order valence-corrected chi connectivity index (χ0v) is 16.6. The minimum Gasteiger partial charge on any atom is -0.308 e. The summed E-state index contributed by atoms with van der Waals surface area (Å²) in [4.78, 5) is 15.1. The van der Waals surface area contributed by atoms with Gasteiger partial charge in [-0.2, -0.15) is 5.10 Å². The minimum absolute atomic E-state index is 0.0618. The van der Waals surface area contributed by atoms with Gasteiger partial charge in [-0.15, -0.1) is 0 Å². The number of nitrogens with zero attached hydrogens (tertiary/aromatic N) is 3. The van der Waals surface area contributed by atoms with Gasteiger partial charge in [-0.1, -0.05) is 48.5 Å². The molecule has 8 heteroatoms. The van der Waals surface area contributed by atoms with Gasteiger partial charge in [-0.05, 0) is 17.7 Å². The van der Waals surface area contributed by atoms with Gasteiger partial charge in [0.25, 0.3) is 0 Å². The van der Waals surface area contributed by atoms with Gasteiger partial charge in [0, 0.05) is 25.4 Å². The van der Waals surface area contributed by atoms with Gasteiger partial charge >= 0.3 is 0 Å². The summed E-state index contributed by atoms with van der Waals surface area (Å²) in [7, 11) is -3.03. The maximum absolute atomic E-state index is 13.2. The Morgan fingerprint density at radius 3 is 2.21 bits per heavy atom. The number of para-hydroxylation sites is 1. The van der Waals surface area contributed by atoms with Crippen LogP contribution >= 0.6 is 0 Å². The van der Waals surface area contributed by atoms with Crippen molar-refractivity contribution in [2.75, 3.05) is 29.9 Å². The predicted molar refractivity (Wildman–Crippen MR) is 112 cm³/mol. The number of aromatic nitrogens is 2. The number of sulfone groups is 1. The monoisotopic (exact) mass is 410 g/mol. The highest BCUT2D eigenvalue weighted by Crippen LogP contribution is 2.24. The smallest absolute Gasteiger partial charge is 0.247 e. The van der Waals surface area contributed by atoms with E-state index in [1.165, 1.54) is 0 Å². The van der Waals surface area contributed by atoms with Crippen molar-refractivity contribution in [2.45, 2.75) is 6.04 Å². The quantitative estimate of drug-likeness (QED) is 0.698. The third-order valence-electron chi connectivity index (χ3n) is 4.97. The van der Waals surface area contributed by atoms with E-state index in [4.69, 9.17) is 0 Å². The number of hydrogen-bond acceptors (Lipinski definition) is 5. The van der Waals surface area contributed by atoms with Crippen molar-refractivity contribution in [2.24, 2.45) is 0 Å². The van der Waals surface area contributed by atoms with E-state index in [0.29, 0.717) is 18.9 Å². The number of hydrogen-bond donors (Lipinski definition) is 1. The second-order valence-corrected chi connectivity index (χ2v) is 9.27. The van der Waals surface area contributed by atoms with Gasteiger partial charge < -0.3 is 5.32 Å². The molecule has 7 nitrogen and oxygen atoms in total. The van der Waals surface area contributed by atoms with Crippen molar-refractivity contribution in [3.63, 3.8) is 0 Å². The zero-order valence-electron chi connectivity index (χ0n) is 15.8. The van der Waals surface area contributed by atoms with E-state index in [2.05, 4.69) is 10.4 Å². The molecule has 0 spiro atoms. The normalized spacial score (nSPS) is 17.5. The molecular formula is C21H22N4O3S. The average molecular weight is 410 g/mol. The molecule has 0 bridgehead atoms. The molecule has 1 aromatic heterocycles. The van der Waals surface area contributed by atoms with Gasteiger partial charge in [0.15, 0.2) is 15.7 Å².